The van der Waals surface area contributed by atoms with Gasteiger partial charge in [-0.2, -0.15) is 13.2 Å². The van der Waals surface area contributed by atoms with Crippen LogP contribution in [-0.2, 0) is 6.18 Å². The van der Waals surface area contributed by atoms with E-state index in [0.29, 0.717) is 50.7 Å². The van der Waals surface area contributed by atoms with E-state index in [1.165, 1.54) is 12.3 Å². The maximum Gasteiger partial charge on any atom is 0.416 e. The Morgan fingerprint density at radius 3 is 2.60 bits per heavy atom. The van der Waals surface area contributed by atoms with Gasteiger partial charge in [-0.25, -0.2) is 9.78 Å². The van der Waals surface area contributed by atoms with E-state index in [1.807, 2.05) is 0 Å². The molecule has 1 unspecified atom stereocenters. The first-order valence-electron chi connectivity index (χ1n) is 9.67. The summed E-state index contributed by atoms with van der Waals surface area (Å²) in [5.41, 5.74) is 6.17. The molecule has 0 spiro atoms. The van der Waals surface area contributed by atoms with E-state index < -0.39 is 11.7 Å². The van der Waals surface area contributed by atoms with Gasteiger partial charge in [0.05, 0.1) is 24.1 Å². The zero-order valence-electron chi connectivity index (χ0n) is 16.2. The number of rotatable bonds is 2. The predicted molar refractivity (Wildman–Crippen MR) is 105 cm³/mol. The minimum atomic E-state index is -4.40. The van der Waals surface area contributed by atoms with Crippen molar-refractivity contribution >= 4 is 17.5 Å². The van der Waals surface area contributed by atoms with Crippen molar-refractivity contribution in [3.63, 3.8) is 0 Å². The molecule has 1 fully saturated rings. The number of pyridine rings is 1. The minimum Gasteiger partial charge on any atom is -0.493 e. The fourth-order valence-electron chi connectivity index (χ4n) is 3.84. The number of nitrogens with two attached hydrogens (primary N) is 1. The first kappa shape index (κ1) is 20.3. The highest BCUT2D eigenvalue weighted by molar-refractivity contribution is 5.89. The molecule has 4 rings (SSSR count). The summed E-state index contributed by atoms with van der Waals surface area (Å²) in [4.78, 5) is 20.3. The molecule has 0 bridgehead atoms. The number of benzene rings is 1. The Kier molecular flexibility index (Phi) is 5.42. The minimum absolute atomic E-state index is 0.0254. The molecule has 2 aliphatic heterocycles. The monoisotopic (exact) mass is 421 g/mol. The third kappa shape index (κ3) is 4.28. The fourth-order valence-corrected chi connectivity index (χ4v) is 3.84. The van der Waals surface area contributed by atoms with Crippen LogP contribution in [0.1, 0.15) is 23.6 Å². The van der Waals surface area contributed by atoms with Crippen molar-refractivity contribution in [2.24, 2.45) is 0 Å². The second kappa shape index (κ2) is 8.02. The molecule has 3 heterocycles. The van der Waals surface area contributed by atoms with E-state index in [0.717, 1.165) is 17.7 Å². The smallest absolute Gasteiger partial charge is 0.416 e. The molecule has 0 saturated carbocycles. The summed E-state index contributed by atoms with van der Waals surface area (Å²) in [5.74, 6) is 0.665. The number of urea groups is 1. The van der Waals surface area contributed by atoms with Gasteiger partial charge < -0.3 is 20.7 Å². The van der Waals surface area contributed by atoms with Crippen molar-refractivity contribution in [1.29, 1.82) is 0 Å². The van der Waals surface area contributed by atoms with Gasteiger partial charge in [-0.3, -0.25) is 4.90 Å². The molecule has 1 aromatic carbocycles. The van der Waals surface area contributed by atoms with Crippen LogP contribution in [0.25, 0.3) is 0 Å². The Labute approximate surface area is 171 Å². The molecule has 0 aliphatic carbocycles. The lowest BCUT2D eigenvalue weighted by Gasteiger charge is -2.41. The van der Waals surface area contributed by atoms with Crippen LogP contribution in [-0.4, -0.2) is 53.6 Å². The molecule has 2 amide bonds. The first-order chi connectivity index (χ1) is 14.3. The van der Waals surface area contributed by atoms with E-state index in [2.05, 4.69) is 15.2 Å². The number of halogens is 3. The van der Waals surface area contributed by atoms with Crippen LogP contribution in [0.4, 0.5) is 29.5 Å². The maximum absolute atomic E-state index is 13.0. The van der Waals surface area contributed by atoms with Crippen molar-refractivity contribution in [3.05, 3.63) is 47.7 Å². The van der Waals surface area contributed by atoms with Gasteiger partial charge in [-0.15, -0.1) is 0 Å². The maximum atomic E-state index is 13.0. The lowest BCUT2D eigenvalue weighted by atomic mass is 9.96. The quantitative estimate of drug-likeness (QED) is 0.777. The number of anilines is 2. The van der Waals surface area contributed by atoms with Gasteiger partial charge in [-0.1, -0.05) is 6.07 Å². The Morgan fingerprint density at radius 1 is 1.17 bits per heavy atom. The summed E-state index contributed by atoms with van der Waals surface area (Å²) in [5, 5.41) is 2.79. The number of ether oxygens (including phenoxy) is 1. The second-order valence-electron chi connectivity index (χ2n) is 7.33. The molecule has 1 aromatic heterocycles. The number of aromatic nitrogens is 1. The number of carbonyl (C=O) groups is 1. The average molecular weight is 421 g/mol. The summed E-state index contributed by atoms with van der Waals surface area (Å²) in [6, 6.07) is 6.74. The van der Waals surface area contributed by atoms with Crippen LogP contribution < -0.4 is 15.8 Å². The van der Waals surface area contributed by atoms with Crippen LogP contribution in [0.5, 0.6) is 5.75 Å². The van der Waals surface area contributed by atoms with Gasteiger partial charge in [-0.05, 0) is 24.3 Å². The number of nitrogens with one attached hydrogen (secondary N) is 1. The largest absolute Gasteiger partial charge is 0.493 e. The van der Waals surface area contributed by atoms with E-state index >= 15 is 0 Å². The van der Waals surface area contributed by atoms with Crippen molar-refractivity contribution in [2.75, 3.05) is 43.8 Å². The molecule has 1 saturated heterocycles. The van der Waals surface area contributed by atoms with Gasteiger partial charge in [0.15, 0.2) is 0 Å². The predicted octanol–water partition coefficient (Wildman–Crippen LogP) is 3.36. The van der Waals surface area contributed by atoms with E-state index in [4.69, 9.17) is 10.5 Å². The number of nitrogen functional groups attached to an aromatic ring is 1. The number of hydrogen-bond donors (Lipinski definition) is 2. The van der Waals surface area contributed by atoms with Crippen molar-refractivity contribution in [2.45, 2.75) is 18.6 Å². The number of fused-ring (bicyclic) bond motifs is 1. The fraction of sp³-hybridized carbons (Fsp3) is 0.400. The molecular formula is C20H22F3N5O2. The summed E-state index contributed by atoms with van der Waals surface area (Å²) in [6.07, 6.45) is -2.20. The molecule has 2 aromatic rings. The van der Waals surface area contributed by atoms with Crippen LogP contribution >= 0.6 is 0 Å². The number of alkyl halides is 3. The van der Waals surface area contributed by atoms with Gasteiger partial charge in [0.2, 0.25) is 0 Å². The van der Waals surface area contributed by atoms with Crippen molar-refractivity contribution in [1.82, 2.24) is 14.8 Å². The van der Waals surface area contributed by atoms with Gasteiger partial charge in [0.25, 0.3) is 0 Å². The summed E-state index contributed by atoms with van der Waals surface area (Å²) in [7, 11) is 0. The Bertz CT molecular complexity index is 912. The normalized spacial score (nSPS) is 19.7. The van der Waals surface area contributed by atoms with Crippen molar-refractivity contribution < 1.29 is 22.7 Å². The molecule has 160 valence electrons. The van der Waals surface area contributed by atoms with Crippen LogP contribution in [0.3, 0.4) is 0 Å². The molecule has 10 heteroatoms. The van der Waals surface area contributed by atoms with E-state index in [1.54, 1.807) is 17.0 Å². The number of hydrogen-bond acceptors (Lipinski definition) is 5. The van der Waals surface area contributed by atoms with Gasteiger partial charge in [0.1, 0.15) is 11.6 Å². The number of piperazine rings is 1. The first-order valence-corrected chi connectivity index (χ1v) is 9.67. The Morgan fingerprint density at radius 2 is 1.93 bits per heavy atom. The molecule has 0 radical (unpaired) electrons. The zero-order valence-corrected chi connectivity index (χ0v) is 16.2. The lowest BCUT2D eigenvalue weighted by Crippen LogP contribution is -2.51. The van der Waals surface area contributed by atoms with E-state index in [9.17, 15) is 18.0 Å². The molecular weight excluding hydrogens is 399 g/mol. The standard InChI is InChI=1S/C20H22F3N5O2/c21-20(22,23)13-1-3-15-16(5-10-30-17(15)11-13)27-6-8-28(9-7-27)19(29)26-14-2-4-18(24)25-12-14/h1-4,11-12,16H,5-10H2,(H2,24,25)(H,26,29). The number of nitrogens with zero attached hydrogens (tertiary/aromatic N) is 3. The second-order valence-corrected chi connectivity index (χ2v) is 7.33. The Balaban J connectivity index is 1.39. The molecule has 3 N–H and O–H groups in total. The number of carbonyl (C=O) groups excluding carboxylic acids is 1. The summed E-state index contributed by atoms with van der Waals surface area (Å²) >= 11 is 0. The number of amides is 2. The average Bonchev–Trinajstić information content (AvgIpc) is 2.74. The van der Waals surface area contributed by atoms with Crippen molar-refractivity contribution in [3.8, 4) is 5.75 Å². The van der Waals surface area contributed by atoms with Crippen LogP contribution in [0, 0.1) is 0 Å². The van der Waals surface area contributed by atoms with E-state index in [-0.39, 0.29) is 17.8 Å². The summed E-state index contributed by atoms with van der Waals surface area (Å²) < 4.78 is 44.5. The highest BCUT2D eigenvalue weighted by atomic mass is 19.4. The highest BCUT2D eigenvalue weighted by Gasteiger charge is 2.35. The summed E-state index contributed by atoms with van der Waals surface area (Å²) in [6.45, 7) is 2.64. The SMILES string of the molecule is Nc1ccc(NC(=O)N2CCN(C3CCOc4cc(C(F)(F)F)ccc43)CC2)cn1. The zero-order chi connectivity index (χ0) is 21.3. The van der Waals surface area contributed by atoms with Gasteiger partial charge >= 0.3 is 12.2 Å². The molecule has 30 heavy (non-hydrogen) atoms. The third-order valence-corrected chi connectivity index (χ3v) is 5.43. The third-order valence-electron chi connectivity index (χ3n) is 5.43. The topological polar surface area (TPSA) is 83.7 Å². The lowest BCUT2D eigenvalue weighted by molar-refractivity contribution is -0.137. The van der Waals surface area contributed by atoms with Gasteiger partial charge in [0, 0.05) is 44.2 Å². The highest BCUT2D eigenvalue weighted by Crippen LogP contribution is 2.40. The Hall–Kier alpha value is -3.01. The van der Waals surface area contributed by atoms with Crippen LogP contribution in [0.2, 0.25) is 0 Å². The van der Waals surface area contributed by atoms with Crippen LogP contribution in [0.15, 0.2) is 36.5 Å². The molecule has 7 nitrogen and oxygen atoms in total. The molecule has 1 atom stereocenters. The molecule has 2 aliphatic rings.